The van der Waals surface area contributed by atoms with Gasteiger partial charge >= 0.3 is 12.3 Å². The van der Waals surface area contributed by atoms with Crippen molar-refractivity contribution in [1.29, 1.82) is 0 Å². The van der Waals surface area contributed by atoms with Crippen molar-refractivity contribution in [3.63, 3.8) is 0 Å². The number of hydrogen-bond donors (Lipinski definition) is 2. The Morgan fingerprint density at radius 2 is 1.95 bits per heavy atom. The summed E-state index contributed by atoms with van der Waals surface area (Å²) in [4.78, 5) is 25.9. The lowest BCUT2D eigenvalue weighted by Gasteiger charge is -2.34. The molecule has 3 heterocycles. The molecule has 0 atom stereocenters. The number of aromatic nitrogens is 2. The quantitative estimate of drug-likeness (QED) is 0.474. The molecule has 0 bridgehead atoms. The molecule has 2 aliphatic heterocycles. The number of benzene rings is 1. The molecule has 4 rings (SSSR count). The second-order valence-corrected chi connectivity index (χ2v) is 9.05. The molecule has 200 valence electrons. The molecule has 0 saturated carbocycles. The third-order valence-electron chi connectivity index (χ3n) is 6.43. The van der Waals surface area contributed by atoms with E-state index in [1.165, 1.54) is 11.2 Å². The number of halogens is 3. The van der Waals surface area contributed by atoms with E-state index in [0.29, 0.717) is 19.5 Å². The fourth-order valence-electron chi connectivity index (χ4n) is 4.25. The molecule has 0 unspecified atom stereocenters. The molecule has 1 aromatic heterocycles. The van der Waals surface area contributed by atoms with Crippen molar-refractivity contribution in [2.75, 3.05) is 68.4 Å². The Hall–Kier alpha value is -3.54. The Bertz CT molecular complexity index is 1120. The molecule has 1 saturated heterocycles. The first-order valence-corrected chi connectivity index (χ1v) is 12.4. The highest BCUT2D eigenvalue weighted by molar-refractivity contribution is 5.69. The maximum Gasteiger partial charge on any atom is 0.421 e. The Morgan fingerprint density at radius 3 is 2.65 bits per heavy atom. The molecular formula is C25H32F3N7O2. The van der Waals surface area contributed by atoms with Crippen molar-refractivity contribution < 1.29 is 22.7 Å². The Balaban J connectivity index is 1.45. The van der Waals surface area contributed by atoms with Crippen LogP contribution in [0, 0.1) is 0 Å². The minimum atomic E-state index is -4.61. The lowest BCUT2D eigenvalue weighted by molar-refractivity contribution is -0.137. The number of carbonyl (C=O) groups excluding carboxylic acids is 1. The van der Waals surface area contributed by atoms with Crippen molar-refractivity contribution in [1.82, 2.24) is 19.8 Å². The van der Waals surface area contributed by atoms with Gasteiger partial charge in [0.1, 0.15) is 11.4 Å². The van der Waals surface area contributed by atoms with E-state index in [2.05, 4.69) is 43.5 Å². The Kier molecular flexibility index (Phi) is 8.37. The number of alkyl halides is 3. The predicted octanol–water partition coefficient (Wildman–Crippen LogP) is 4.32. The zero-order valence-electron chi connectivity index (χ0n) is 21.0. The van der Waals surface area contributed by atoms with Gasteiger partial charge in [-0.25, -0.2) is 9.78 Å². The molecule has 0 spiro atoms. The summed E-state index contributed by atoms with van der Waals surface area (Å²) in [6.07, 6.45) is -0.120. The van der Waals surface area contributed by atoms with Crippen LogP contribution in [0.25, 0.3) is 0 Å². The first kappa shape index (κ1) is 26.5. The standard InChI is InChI=1S/C25H32F3N7O2/c1-3-18-16-19(34-13-11-33(2)12-14-34)6-7-21(18)31-23-30-17-20(25(26,27)28)22(32-23)29-8-4-9-35-10-5-15-37-24(35)36/h5-7,15-17H,3-4,8-14H2,1-2H3,(H2,29,30,31,32). The SMILES string of the molecule is CCc1cc(N2CCN(C)CC2)ccc1Nc1ncc(C(F)(F)F)c(NCCCN2CC=COC2=O)n1. The summed E-state index contributed by atoms with van der Waals surface area (Å²) in [7, 11) is 2.11. The summed E-state index contributed by atoms with van der Waals surface area (Å²) >= 11 is 0. The minimum Gasteiger partial charge on any atom is -0.418 e. The fourth-order valence-corrected chi connectivity index (χ4v) is 4.25. The van der Waals surface area contributed by atoms with Crippen LogP contribution >= 0.6 is 0 Å². The van der Waals surface area contributed by atoms with E-state index in [1.54, 1.807) is 6.08 Å². The summed E-state index contributed by atoms with van der Waals surface area (Å²) in [6, 6.07) is 6.04. The van der Waals surface area contributed by atoms with Crippen LogP contribution in [0.4, 0.5) is 41.1 Å². The van der Waals surface area contributed by atoms with Gasteiger partial charge in [-0.1, -0.05) is 6.92 Å². The normalized spacial score (nSPS) is 16.6. The van der Waals surface area contributed by atoms with Crippen molar-refractivity contribution in [3.8, 4) is 0 Å². The molecule has 2 aliphatic rings. The maximum absolute atomic E-state index is 13.6. The predicted molar refractivity (Wildman–Crippen MR) is 136 cm³/mol. The fraction of sp³-hybridized carbons (Fsp3) is 0.480. The minimum absolute atomic E-state index is 0.0716. The first-order valence-electron chi connectivity index (χ1n) is 12.4. The third-order valence-corrected chi connectivity index (χ3v) is 6.43. The molecule has 0 radical (unpaired) electrons. The van der Waals surface area contributed by atoms with Gasteiger partial charge in [-0.15, -0.1) is 0 Å². The van der Waals surface area contributed by atoms with Crippen molar-refractivity contribution >= 4 is 29.2 Å². The molecule has 0 aliphatic carbocycles. The van der Waals surface area contributed by atoms with Gasteiger partial charge in [-0.2, -0.15) is 18.2 Å². The number of rotatable bonds is 9. The average Bonchev–Trinajstić information content (AvgIpc) is 2.88. The number of anilines is 4. The first-order chi connectivity index (χ1) is 17.7. The third kappa shape index (κ3) is 6.82. The number of cyclic esters (lactones) is 1. The number of ether oxygens (including phenoxy) is 1. The van der Waals surface area contributed by atoms with Crippen LogP contribution in [0.2, 0.25) is 0 Å². The van der Waals surface area contributed by atoms with Gasteiger partial charge in [0.2, 0.25) is 5.95 Å². The average molecular weight is 520 g/mol. The second-order valence-electron chi connectivity index (χ2n) is 9.05. The molecule has 1 amide bonds. The van der Waals surface area contributed by atoms with E-state index in [4.69, 9.17) is 4.74 Å². The van der Waals surface area contributed by atoms with Gasteiger partial charge in [-0.05, 0) is 49.7 Å². The number of hydrogen-bond acceptors (Lipinski definition) is 8. The van der Waals surface area contributed by atoms with Crippen LogP contribution < -0.4 is 15.5 Å². The van der Waals surface area contributed by atoms with Gasteiger partial charge in [0, 0.05) is 63.4 Å². The number of aryl methyl sites for hydroxylation is 1. The number of likely N-dealkylation sites (N-methyl/N-ethyl adjacent to an activating group) is 1. The van der Waals surface area contributed by atoms with Gasteiger partial charge in [-0.3, -0.25) is 0 Å². The molecule has 12 heteroatoms. The van der Waals surface area contributed by atoms with Crippen LogP contribution in [0.15, 0.2) is 36.7 Å². The Morgan fingerprint density at radius 1 is 1.16 bits per heavy atom. The van der Waals surface area contributed by atoms with Crippen molar-refractivity contribution in [2.45, 2.75) is 25.9 Å². The molecule has 1 aromatic carbocycles. The maximum atomic E-state index is 13.6. The number of carbonyl (C=O) groups is 1. The van der Waals surface area contributed by atoms with Gasteiger partial charge in [0.05, 0.1) is 6.26 Å². The monoisotopic (exact) mass is 519 g/mol. The van der Waals surface area contributed by atoms with E-state index >= 15 is 0 Å². The van der Waals surface area contributed by atoms with Crippen LogP contribution in [-0.4, -0.2) is 78.7 Å². The summed E-state index contributed by atoms with van der Waals surface area (Å²) in [5.74, 6) is -0.236. The number of amides is 1. The zero-order chi connectivity index (χ0) is 26.4. The van der Waals surface area contributed by atoms with Crippen molar-refractivity contribution in [2.24, 2.45) is 0 Å². The summed E-state index contributed by atoms with van der Waals surface area (Å²) in [5.41, 5.74) is 1.96. The largest absolute Gasteiger partial charge is 0.421 e. The van der Waals surface area contributed by atoms with Crippen LogP contribution in [0.5, 0.6) is 0 Å². The molecule has 2 N–H and O–H groups in total. The van der Waals surface area contributed by atoms with E-state index < -0.39 is 17.8 Å². The lowest BCUT2D eigenvalue weighted by atomic mass is 10.1. The highest BCUT2D eigenvalue weighted by Gasteiger charge is 2.35. The lowest BCUT2D eigenvalue weighted by Crippen LogP contribution is -2.44. The highest BCUT2D eigenvalue weighted by atomic mass is 19.4. The molecule has 9 nitrogen and oxygen atoms in total. The Labute approximate surface area is 214 Å². The van der Waals surface area contributed by atoms with E-state index in [9.17, 15) is 18.0 Å². The zero-order valence-corrected chi connectivity index (χ0v) is 21.0. The van der Waals surface area contributed by atoms with Crippen molar-refractivity contribution in [3.05, 3.63) is 47.9 Å². The van der Waals surface area contributed by atoms with E-state index in [0.717, 1.165) is 55.7 Å². The smallest absolute Gasteiger partial charge is 0.418 e. The molecule has 2 aromatic rings. The van der Waals surface area contributed by atoms with Gasteiger partial charge in [0.15, 0.2) is 0 Å². The van der Waals surface area contributed by atoms with E-state index in [-0.39, 0.29) is 18.3 Å². The number of piperazine rings is 1. The second kappa shape index (κ2) is 11.7. The summed E-state index contributed by atoms with van der Waals surface area (Å²) in [6.45, 7) is 6.84. The van der Waals surface area contributed by atoms with Crippen LogP contribution in [-0.2, 0) is 17.3 Å². The summed E-state index contributed by atoms with van der Waals surface area (Å²) in [5, 5.41) is 5.86. The highest BCUT2D eigenvalue weighted by Crippen LogP contribution is 2.34. The van der Waals surface area contributed by atoms with E-state index in [1.807, 2.05) is 19.1 Å². The molecular weight excluding hydrogens is 487 g/mol. The topological polar surface area (TPSA) is 85.9 Å². The molecule has 1 fully saturated rings. The van der Waals surface area contributed by atoms with Gasteiger partial charge < -0.3 is 30.1 Å². The molecule has 37 heavy (non-hydrogen) atoms. The number of nitrogens with zero attached hydrogens (tertiary/aromatic N) is 5. The van der Waals surface area contributed by atoms with Gasteiger partial charge in [0.25, 0.3) is 0 Å². The number of nitrogens with one attached hydrogen (secondary N) is 2. The summed E-state index contributed by atoms with van der Waals surface area (Å²) < 4.78 is 45.6. The van der Waals surface area contributed by atoms with Crippen LogP contribution in [0.1, 0.15) is 24.5 Å². The van der Waals surface area contributed by atoms with Crippen LogP contribution in [0.3, 0.4) is 0 Å².